The van der Waals surface area contributed by atoms with Gasteiger partial charge in [-0.2, -0.15) is 0 Å². The molecular weight excluding hydrogens is 214 g/mol. The molecule has 4 heteroatoms. The lowest BCUT2D eigenvalue weighted by atomic mass is 10.0. The topological polar surface area (TPSA) is 49.2 Å². The predicted octanol–water partition coefficient (Wildman–Crippen LogP) is 1.94. The fraction of sp³-hybridized carbons (Fsp3) is 0.692. The molecule has 0 bridgehead atoms. The number of rotatable bonds is 5. The smallest absolute Gasteiger partial charge is 0.225 e. The number of aliphatic hydroxyl groups excluding tert-OH is 1. The third kappa shape index (κ3) is 3.97. The number of likely N-dealkylation sites (N-methyl/N-ethyl adjacent to an activating group) is 1. The lowest BCUT2D eigenvalue weighted by Crippen LogP contribution is -2.37. The van der Waals surface area contributed by atoms with Crippen LogP contribution in [0.15, 0.2) is 6.07 Å². The summed E-state index contributed by atoms with van der Waals surface area (Å²) in [5.74, 6) is 1.24. The molecule has 1 N–H and O–H groups in total. The lowest BCUT2D eigenvalue weighted by molar-refractivity contribution is 0.245. The van der Waals surface area contributed by atoms with Crippen LogP contribution in [0.5, 0.6) is 0 Å². The largest absolute Gasteiger partial charge is 0.394 e. The second-order valence-corrected chi connectivity index (χ2v) is 5.03. The van der Waals surface area contributed by atoms with E-state index >= 15 is 0 Å². The van der Waals surface area contributed by atoms with Crippen LogP contribution in [0.3, 0.4) is 0 Å². The van der Waals surface area contributed by atoms with Crippen LogP contribution in [0, 0.1) is 19.8 Å². The average Bonchev–Trinajstić information content (AvgIpc) is 2.23. The van der Waals surface area contributed by atoms with Gasteiger partial charge in [0.2, 0.25) is 5.95 Å². The van der Waals surface area contributed by atoms with Gasteiger partial charge in [-0.3, -0.25) is 0 Å². The van der Waals surface area contributed by atoms with Crippen molar-refractivity contribution in [2.75, 3.05) is 18.6 Å². The van der Waals surface area contributed by atoms with Gasteiger partial charge in [-0.25, -0.2) is 9.97 Å². The number of anilines is 1. The predicted molar refractivity (Wildman–Crippen MR) is 70.2 cm³/mol. The molecule has 1 heterocycles. The molecule has 0 saturated heterocycles. The summed E-state index contributed by atoms with van der Waals surface area (Å²) < 4.78 is 0. The SMILES string of the molecule is Cc1cc(C)nc(N(C)C(CO)CC(C)C)n1. The van der Waals surface area contributed by atoms with Gasteiger partial charge in [-0.15, -0.1) is 0 Å². The molecule has 1 rings (SSSR count). The third-order valence-corrected chi connectivity index (χ3v) is 2.79. The van der Waals surface area contributed by atoms with Crippen molar-refractivity contribution in [1.82, 2.24) is 9.97 Å². The summed E-state index contributed by atoms with van der Waals surface area (Å²) in [6.45, 7) is 8.35. The van der Waals surface area contributed by atoms with E-state index in [9.17, 15) is 5.11 Å². The lowest BCUT2D eigenvalue weighted by Gasteiger charge is -2.28. The molecule has 0 amide bonds. The van der Waals surface area contributed by atoms with Crippen LogP contribution >= 0.6 is 0 Å². The second kappa shape index (κ2) is 5.96. The highest BCUT2D eigenvalue weighted by atomic mass is 16.3. The van der Waals surface area contributed by atoms with Gasteiger partial charge in [0, 0.05) is 18.4 Å². The fourth-order valence-electron chi connectivity index (χ4n) is 1.93. The van der Waals surface area contributed by atoms with E-state index in [1.54, 1.807) is 0 Å². The van der Waals surface area contributed by atoms with Crippen molar-refractivity contribution in [2.24, 2.45) is 5.92 Å². The van der Waals surface area contributed by atoms with Crippen LogP contribution in [0.4, 0.5) is 5.95 Å². The Kier molecular flexibility index (Phi) is 4.87. The quantitative estimate of drug-likeness (QED) is 0.850. The first-order valence-electron chi connectivity index (χ1n) is 6.10. The Morgan fingerprint density at radius 1 is 1.24 bits per heavy atom. The molecule has 1 aromatic heterocycles. The Bertz CT molecular complexity index is 345. The first-order chi connectivity index (χ1) is 7.93. The van der Waals surface area contributed by atoms with Crippen LogP contribution in [-0.4, -0.2) is 34.8 Å². The van der Waals surface area contributed by atoms with E-state index < -0.39 is 0 Å². The van der Waals surface area contributed by atoms with E-state index in [1.807, 2.05) is 31.9 Å². The van der Waals surface area contributed by atoms with Gasteiger partial charge in [-0.05, 0) is 32.3 Å². The zero-order valence-corrected chi connectivity index (χ0v) is 11.4. The average molecular weight is 237 g/mol. The second-order valence-electron chi connectivity index (χ2n) is 5.03. The molecule has 96 valence electrons. The molecular formula is C13H23N3O. The molecule has 0 aliphatic carbocycles. The summed E-state index contributed by atoms with van der Waals surface area (Å²) in [7, 11) is 1.94. The van der Waals surface area contributed by atoms with Gasteiger partial charge >= 0.3 is 0 Å². The van der Waals surface area contributed by atoms with Crippen LogP contribution in [0.1, 0.15) is 31.7 Å². The Labute approximate surface area is 104 Å². The summed E-state index contributed by atoms with van der Waals surface area (Å²) in [6.07, 6.45) is 0.934. The van der Waals surface area contributed by atoms with E-state index in [1.165, 1.54) is 0 Å². The highest BCUT2D eigenvalue weighted by Gasteiger charge is 2.18. The zero-order chi connectivity index (χ0) is 13.0. The third-order valence-electron chi connectivity index (χ3n) is 2.79. The van der Waals surface area contributed by atoms with E-state index in [0.29, 0.717) is 11.9 Å². The van der Waals surface area contributed by atoms with E-state index in [2.05, 4.69) is 23.8 Å². The first-order valence-corrected chi connectivity index (χ1v) is 6.10. The van der Waals surface area contributed by atoms with Gasteiger partial charge in [-0.1, -0.05) is 13.8 Å². The zero-order valence-electron chi connectivity index (χ0n) is 11.4. The van der Waals surface area contributed by atoms with Crippen LogP contribution in [0.2, 0.25) is 0 Å². The molecule has 4 nitrogen and oxygen atoms in total. The molecule has 0 aliphatic rings. The maximum absolute atomic E-state index is 9.45. The monoisotopic (exact) mass is 237 g/mol. The molecule has 0 aliphatic heterocycles. The highest BCUT2D eigenvalue weighted by Crippen LogP contribution is 2.16. The summed E-state index contributed by atoms with van der Waals surface area (Å²) in [6, 6.07) is 2.03. The van der Waals surface area contributed by atoms with Crippen molar-refractivity contribution < 1.29 is 5.11 Å². The molecule has 0 spiro atoms. The first kappa shape index (κ1) is 13.9. The molecule has 0 aromatic carbocycles. The molecule has 0 radical (unpaired) electrons. The standard InChI is InChI=1S/C13H23N3O/c1-9(2)6-12(8-17)16(5)13-14-10(3)7-11(4)15-13/h7,9,12,17H,6,8H2,1-5H3. The molecule has 1 atom stereocenters. The maximum Gasteiger partial charge on any atom is 0.225 e. The number of aryl methyl sites for hydroxylation is 2. The van der Waals surface area contributed by atoms with Gasteiger partial charge in [0.1, 0.15) is 0 Å². The van der Waals surface area contributed by atoms with Crippen molar-refractivity contribution in [2.45, 2.75) is 40.2 Å². The van der Waals surface area contributed by atoms with Crippen molar-refractivity contribution in [3.8, 4) is 0 Å². The number of hydrogen-bond donors (Lipinski definition) is 1. The minimum absolute atomic E-state index is 0.0798. The van der Waals surface area contributed by atoms with Crippen molar-refractivity contribution in [3.05, 3.63) is 17.5 Å². The Hall–Kier alpha value is -1.16. The van der Waals surface area contributed by atoms with E-state index in [-0.39, 0.29) is 12.6 Å². The van der Waals surface area contributed by atoms with Crippen LogP contribution < -0.4 is 4.90 Å². The molecule has 1 aromatic rings. The minimum Gasteiger partial charge on any atom is -0.394 e. The minimum atomic E-state index is 0.0798. The number of nitrogens with zero attached hydrogens (tertiary/aromatic N) is 3. The summed E-state index contributed by atoms with van der Waals surface area (Å²) in [5, 5.41) is 9.45. The summed E-state index contributed by atoms with van der Waals surface area (Å²) >= 11 is 0. The molecule has 1 unspecified atom stereocenters. The van der Waals surface area contributed by atoms with Crippen LogP contribution in [0.25, 0.3) is 0 Å². The Morgan fingerprint density at radius 2 is 1.76 bits per heavy atom. The van der Waals surface area contributed by atoms with E-state index in [0.717, 1.165) is 17.8 Å². The normalized spacial score (nSPS) is 12.9. The van der Waals surface area contributed by atoms with Gasteiger partial charge in [0.25, 0.3) is 0 Å². The molecule has 0 fully saturated rings. The van der Waals surface area contributed by atoms with Crippen molar-refractivity contribution >= 4 is 5.95 Å². The Balaban J connectivity index is 2.89. The number of aromatic nitrogens is 2. The summed E-state index contributed by atoms with van der Waals surface area (Å²) in [4.78, 5) is 10.8. The Morgan fingerprint density at radius 3 is 2.18 bits per heavy atom. The van der Waals surface area contributed by atoms with E-state index in [4.69, 9.17) is 0 Å². The highest BCUT2D eigenvalue weighted by molar-refractivity contribution is 5.32. The van der Waals surface area contributed by atoms with Crippen molar-refractivity contribution in [1.29, 1.82) is 0 Å². The number of hydrogen-bond acceptors (Lipinski definition) is 4. The number of aliphatic hydroxyl groups is 1. The molecule has 0 saturated carbocycles. The van der Waals surface area contributed by atoms with Gasteiger partial charge in [0.05, 0.1) is 12.6 Å². The van der Waals surface area contributed by atoms with Gasteiger partial charge in [0.15, 0.2) is 0 Å². The van der Waals surface area contributed by atoms with Gasteiger partial charge < -0.3 is 10.0 Å². The van der Waals surface area contributed by atoms with Crippen LogP contribution in [-0.2, 0) is 0 Å². The summed E-state index contributed by atoms with van der Waals surface area (Å²) in [5.41, 5.74) is 1.92. The fourth-order valence-corrected chi connectivity index (χ4v) is 1.93. The van der Waals surface area contributed by atoms with Crippen molar-refractivity contribution in [3.63, 3.8) is 0 Å². The molecule has 17 heavy (non-hydrogen) atoms. The maximum atomic E-state index is 9.45.